The van der Waals surface area contributed by atoms with E-state index in [-0.39, 0.29) is 10.9 Å². The molecule has 1 aliphatic heterocycles. The number of imidazole rings is 1. The number of H-pyrrole nitrogens is 1. The van der Waals surface area contributed by atoms with Gasteiger partial charge in [-0.15, -0.1) is 0 Å². The van der Waals surface area contributed by atoms with Gasteiger partial charge in [-0.3, -0.25) is 0 Å². The van der Waals surface area contributed by atoms with Crippen LogP contribution < -0.4 is 0 Å². The molecule has 1 aliphatic rings. The van der Waals surface area contributed by atoms with Gasteiger partial charge in [0.25, 0.3) is 0 Å². The zero-order valence-electron chi connectivity index (χ0n) is 11.6. The average molecular weight is 319 g/mol. The van der Waals surface area contributed by atoms with Gasteiger partial charge in [-0.2, -0.15) is 0 Å². The Morgan fingerprint density at radius 3 is 3.00 bits per heavy atom. The first-order chi connectivity index (χ1) is 10.6. The van der Waals surface area contributed by atoms with Crippen molar-refractivity contribution in [1.29, 1.82) is 0 Å². The van der Waals surface area contributed by atoms with E-state index < -0.39 is 9.84 Å². The predicted octanol–water partition coefficient (Wildman–Crippen LogP) is 1.60. The van der Waals surface area contributed by atoms with E-state index in [1.165, 1.54) is 0 Å². The van der Waals surface area contributed by atoms with Crippen LogP contribution in [0.2, 0.25) is 0 Å². The smallest absolute Gasteiger partial charge is 0.226 e. The first-order valence-electron chi connectivity index (χ1n) is 6.85. The summed E-state index contributed by atoms with van der Waals surface area (Å²) in [6.07, 6.45) is 0.618. The van der Waals surface area contributed by atoms with Crippen LogP contribution in [0.15, 0.2) is 33.9 Å². The third kappa shape index (κ3) is 2.20. The minimum absolute atomic E-state index is 0.0535. The van der Waals surface area contributed by atoms with E-state index in [0.29, 0.717) is 42.1 Å². The number of fused-ring (bicyclic) bond motifs is 2. The summed E-state index contributed by atoms with van der Waals surface area (Å²) in [5.41, 5.74) is 2.44. The van der Waals surface area contributed by atoms with Crippen molar-refractivity contribution in [2.75, 3.05) is 6.61 Å². The normalized spacial score (nSPS) is 15.1. The number of aromatic nitrogens is 3. The maximum atomic E-state index is 12.5. The summed E-state index contributed by atoms with van der Waals surface area (Å²) in [5, 5.41) is 3.83. The van der Waals surface area contributed by atoms with Crippen LogP contribution in [-0.2, 0) is 33.4 Å². The molecule has 0 saturated heterocycles. The van der Waals surface area contributed by atoms with Crippen LogP contribution in [0.3, 0.4) is 0 Å². The predicted molar refractivity (Wildman–Crippen MR) is 76.8 cm³/mol. The summed E-state index contributed by atoms with van der Waals surface area (Å²) < 4.78 is 35.6. The number of benzene rings is 1. The van der Waals surface area contributed by atoms with Crippen molar-refractivity contribution in [2.45, 2.75) is 23.9 Å². The standard InChI is InChI=1S/C14H13N3O4S/c18-22(19,14-15-10-3-1-2-4-11(10)16-14)8-12-9-7-20-6-5-13(9)21-17-12/h1-4H,5-8H2,(H,15,16). The largest absolute Gasteiger partial charge is 0.376 e. The molecule has 22 heavy (non-hydrogen) atoms. The number of para-hydroxylation sites is 2. The van der Waals surface area contributed by atoms with Gasteiger partial charge in [0.2, 0.25) is 15.0 Å². The number of ether oxygens (including phenoxy) is 1. The quantitative estimate of drug-likeness (QED) is 0.787. The summed E-state index contributed by atoms with van der Waals surface area (Å²) in [7, 11) is -3.62. The van der Waals surface area contributed by atoms with Gasteiger partial charge in [-0.25, -0.2) is 13.4 Å². The molecule has 2 aromatic heterocycles. The van der Waals surface area contributed by atoms with Crippen LogP contribution >= 0.6 is 0 Å². The highest BCUT2D eigenvalue weighted by molar-refractivity contribution is 7.90. The number of sulfone groups is 1. The van der Waals surface area contributed by atoms with Gasteiger partial charge in [0, 0.05) is 12.0 Å². The fourth-order valence-electron chi connectivity index (χ4n) is 2.52. The lowest BCUT2D eigenvalue weighted by atomic mass is 10.1. The lowest BCUT2D eigenvalue weighted by Gasteiger charge is -2.10. The highest BCUT2D eigenvalue weighted by atomic mass is 32.2. The fourth-order valence-corrected chi connectivity index (χ4v) is 3.75. The first-order valence-corrected chi connectivity index (χ1v) is 8.50. The Labute approximate surface area is 126 Å². The van der Waals surface area contributed by atoms with Gasteiger partial charge in [0.15, 0.2) is 0 Å². The molecular formula is C14H13N3O4S. The number of hydrogen-bond acceptors (Lipinski definition) is 6. The second kappa shape index (κ2) is 4.92. The highest BCUT2D eigenvalue weighted by Gasteiger charge is 2.27. The third-order valence-corrected chi connectivity index (χ3v) is 5.10. The number of rotatable bonds is 3. The molecule has 1 aromatic carbocycles. The molecule has 0 radical (unpaired) electrons. The number of nitrogens with one attached hydrogen (secondary N) is 1. The maximum Gasteiger partial charge on any atom is 0.226 e. The summed E-state index contributed by atoms with van der Waals surface area (Å²) in [5.74, 6) is 0.454. The Morgan fingerprint density at radius 1 is 1.27 bits per heavy atom. The molecule has 4 rings (SSSR count). The first kappa shape index (κ1) is 13.5. The Balaban J connectivity index is 1.70. The monoisotopic (exact) mass is 319 g/mol. The van der Waals surface area contributed by atoms with E-state index in [0.717, 1.165) is 5.56 Å². The molecule has 0 fully saturated rings. The lowest BCUT2D eigenvalue weighted by molar-refractivity contribution is 0.102. The molecule has 1 N–H and O–H groups in total. The van der Waals surface area contributed by atoms with Crippen LogP contribution in [0.25, 0.3) is 11.0 Å². The van der Waals surface area contributed by atoms with E-state index >= 15 is 0 Å². The molecule has 0 saturated carbocycles. The molecule has 0 atom stereocenters. The average Bonchev–Trinajstić information content (AvgIpc) is 3.12. The molecule has 8 heteroatoms. The van der Waals surface area contributed by atoms with E-state index in [9.17, 15) is 8.42 Å². The van der Waals surface area contributed by atoms with Crippen LogP contribution in [0.5, 0.6) is 0 Å². The molecule has 0 unspecified atom stereocenters. The van der Waals surface area contributed by atoms with E-state index in [2.05, 4.69) is 15.1 Å². The summed E-state index contributed by atoms with van der Waals surface area (Å²) in [6.45, 7) is 0.905. The molecule has 7 nitrogen and oxygen atoms in total. The topological polar surface area (TPSA) is 98.1 Å². The van der Waals surface area contributed by atoms with Gasteiger partial charge >= 0.3 is 0 Å². The number of nitrogens with zero attached hydrogens (tertiary/aromatic N) is 2. The summed E-state index contributed by atoms with van der Waals surface area (Å²) in [6, 6.07) is 7.18. The van der Waals surface area contributed by atoms with Gasteiger partial charge in [0.05, 0.1) is 24.2 Å². The van der Waals surface area contributed by atoms with Crippen molar-refractivity contribution in [3.63, 3.8) is 0 Å². The van der Waals surface area contributed by atoms with Crippen LogP contribution in [0.1, 0.15) is 17.0 Å². The molecule has 3 heterocycles. The van der Waals surface area contributed by atoms with Crippen molar-refractivity contribution >= 4 is 20.9 Å². The van der Waals surface area contributed by atoms with Crippen molar-refractivity contribution < 1.29 is 17.7 Å². The molecule has 114 valence electrons. The Bertz CT molecular complexity index is 909. The SMILES string of the molecule is O=S(=O)(Cc1noc2c1COCC2)c1nc2ccccc2[nH]1. The number of aromatic amines is 1. The summed E-state index contributed by atoms with van der Waals surface area (Å²) >= 11 is 0. The third-order valence-electron chi connectivity index (χ3n) is 3.66. The van der Waals surface area contributed by atoms with Gasteiger partial charge < -0.3 is 14.2 Å². The van der Waals surface area contributed by atoms with Crippen molar-refractivity contribution in [2.24, 2.45) is 0 Å². The molecule has 0 aliphatic carbocycles. The minimum atomic E-state index is -3.62. The maximum absolute atomic E-state index is 12.5. The second-order valence-corrected chi connectivity index (χ2v) is 7.06. The molecule has 0 bridgehead atoms. The number of hydrogen-bond donors (Lipinski definition) is 1. The minimum Gasteiger partial charge on any atom is -0.376 e. The summed E-state index contributed by atoms with van der Waals surface area (Å²) in [4.78, 5) is 6.98. The van der Waals surface area contributed by atoms with Crippen LogP contribution in [-0.4, -0.2) is 30.1 Å². The van der Waals surface area contributed by atoms with Gasteiger partial charge in [0.1, 0.15) is 17.2 Å². The zero-order valence-corrected chi connectivity index (χ0v) is 12.4. The van der Waals surface area contributed by atoms with E-state index in [1.807, 2.05) is 12.1 Å². The molecular weight excluding hydrogens is 306 g/mol. The van der Waals surface area contributed by atoms with Gasteiger partial charge in [-0.1, -0.05) is 17.3 Å². The van der Waals surface area contributed by atoms with E-state index in [4.69, 9.17) is 9.26 Å². The second-order valence-electron chi connectivity index (χ2n) is 5.15. The fraction of sp³-hybridized carbons (Fsp3) is 0.286. The van der Waals surface area contributed by atoms with Crippen LogP contribution in [0.4, 0.5) is 0 Å². The Hall–Kier alpha value is -2.19. The van der Waals surface area contributed by atoms with Crippen LogP contribution in [0, 0.1) is 0 Å². The van der Waals surface area contributed by atoms with E-state index in [1.54, 1.807) is 12.1 Å². The Morgan fingerprint density at radius 2 is 2.14 bits per heavy atom. The zero-order chi connectivity index (χ0) is 15.2. The van der Waals surface area contributed by atoms with Crippen molar-refractivity contribution in [3.05, 3.63) is 41.3 Å². The Kier molecular flexibility index (Phi) is 3.02. The molecule has 0 spiro atoms. The lowest BCUT2D eigenvalue weighted by Crippen LogP contribution is -2.12. The van der Waals surface area contributed by atoms with Crippen molar-refractivity contribution in [3.8, 4) is 0 Å². The van der Waals surface area contributed by atoms with Crippen molar-refractivity contribution in [1.82, 2.24) is 15.1 Å². The van der Waals surface area contributed by atoms with Gasteiger partial charge in [-0.05, 0) is 12.1 Å². The molecule has 0 amide bonds. The molecule has 3 aromatic rings. The highest BCUT2D eigenvalue weighted by Crippen LogP contribution is 2.24.